The second-order valence-corrected chi connectivity index (χ2v) is 28.8. The minimum Gasteiger partial charge on any atom is -0.462 e. The fourth-order valence-corrected chi connectivity index (χ4v) is 11.8. The van der Waals surface area contributed by atoms with Crippen molar-refractivity contribution in [3.63, 3.8) is 0 Å². The number of rotatable bonds is 68. The number of carbonyl (C=O) groups excluding carboxylic acids is 4. The molecule has 0 aromatic carbocycles. The van der Waals surface area contributed by atoms with Crippen LogP contribution in [-0.4, -0.2) is 96.7 Å². The van der Waals surface area contributed by atoms with E-state index in [9.17, 15) is 43.2 Å². The Morgan fingerprint density at radius 2 is 0.600 bits per heavy atom. The molecule has 19 heteroatoms. The largest absolute Gasteiger partial charge is 0.472 e. The molecule has 0 radical (unpaired) electrons. The van der Waals surface area contributed by atoms with E-state index in [2.05, 4.69) is 65.8 Å². The molecule has 0 aromatic rings. The van der Waals surface area contributed by atoms with Gasteiger partial charge in [-0.3, -0.25) is 37.3 Å². The standard InChI is InChI=1S/C71H134O17P2/c1-7-9-11-13-15-17-19-20-21-22-24-30-37-43-49-55-70(75)87-66(60-82-69(74)54-48-42-36-31-25-27-33-39-45-51-63(3)4)61-85-89(77,78)83-57-65(72)58-84-90(79,80)86-62-67(59-81-68(73)53-47-41-35-29-23-18-16-14-12-10-8-2)88-71(76)56-50-44-38-32-26-28-34-40-46-52-64(5)6/h17,19-21,63-67,72H,7-16,18,22-62H2,1-6H3,(H,77,78)(H,79,80)/b19-17-,21-20-/t65-,66-,67-/m1/s1. The Hall–Kier alpha value is -2.46. The van der Waals surface area contributed by atoms with Gasteiger partial charge in [0.2, 0.25) is 0 Å². The molecule has 17 nitrogen and oxygen atoms in total. The van der Waals surface area contributed by atoms with Crippen LogP contribution in [0, 0.1) is 11.8 Å². The zero-order chi connectivity index (χ0) is 66.5. The van der Waals surface area contributed by atoms with Crippen molar-refractivity contribution >= 4 is 39.5 Å². The van der Waals surface area contributed by atoms with Gasteiger partial charge in [0, 0.05) is 25.7 Å². The second-order valence-electron chi connectivity index (χ2n) is 25.9. The summed E-state index contributed by atoms with van der Waals surface area (Å²) in [6.45, 7) is 9.44. The van der Waals surface area contributed by atoms with E-state index in [0.717, 1.165) is 115 Å². The molecule has 3 N–H and O–H groups in total. The summed E-state index contributed by atoms with van der Waals surface area (Å²) >= 11 is 0. The smallest absolute Gasteiger partial charge is 0.462 e. The number of hydrogen-bond acceptors (Lipinski definition) is 15. The van der Waals surface area contributed by atoms with Crippen molar-refractivity contribution in [3.05, 3.63) is 24.3 Å². The number of hydrogen-bond donors (Lipinski definition) is 3. The van der Waals surface area contributed by atoms with Crippen LogP contribution in [0.3, 0.4) is 0 Å². The summed E-state index contributed by atoms with van der Waals surface area (Å²) in [7, 11) is -9.91. The molecule has 0 amide bonds. The third kappa shape index (κ3) is 64.3. The molecule has 0 aliphatic rings. The minimum absolute atomic E-state index is 0.0845. The summed E-state index contributed by atoms with van der Waals surface area (Å²) in [5, 5.41) is 10.6. The van der Waals surface area contributed by atoms with Gasteiger partial charge in [-0.05, 0) is 63.2 Å². The normalized spacial score (nSPS) is 14.3. The molecule has 90 heavy (non-hydrogen) atoms. The molecule has 530 valence electrons. The van der Waals surface area contributed by atoms with Gasteiger partial charge >= 0.3 is 39.5 Å². The predicted molar refractivity (Wildman–Crippen MR) is 363 cm³/mol. The molecule has 0 aromatic heterocycles. The van der Waals surface area contributed by atoms with Crippen LogP contribution in [0.5, 0.6) is 0 Å². The fourth-order valence-electron chi connectivity index (χ4n) is 10.2. The quantitative estimate of drug-likeness (QED) is 0.0169. The lowest BCUT2D eigenvalue weighted by Crippen LogP contribution is -2.30. The highest BCUT2D eigenvalue weighted by Gasteiger charge is 2.30. The lowest BCUT2D eigenvalue weighted by atomic mass is 10.0. The molecule has 0 rings (SSSR count). The second kappa shape index (κ2) is 62.6. The van der Waals surface area contributed by atoms with Crippen LogP contribution in [0.1, 0.15) is 337 Å². The molecule has 5 atom stereocenters. The van der Waals surface area contributed by atoms with Crippen LogP contribution in [0.25, 0.3) is 0 Å². The Morgan fingerprint density at radius 3 is 0.911 bits per heavy atom. The number of phosphoric acid groups is 2. The van der Waals surface area contributed by atoms with Crippen LogP contribution in [0.4, 0.5) is 0 Å². The predicted octanol–water partition coefficient (Wildman–Crippen LogP) is 19.9. The zero-order valence-corrected chi connectivity index (χ0v) is 59.7. The summed E-state index contributed by atoms with van der Waals surface area (Å²) in [5.74, 6) is -0.678. The van der Waals surface area contributed by atoms with Crippen LogP contribution in [0.15, 0.2) is 24.3 Å². The summed E-state index contributed by atoms with van der Waals surface area (Å²) in [4.78, 5) is 72.5. The van der Waals surface area contributed by atoms with E-state index in [0.29, 0.717) is 25.7 Å². The Morgan fingerprint density at radius 1 is 0.344 bits per heavy atom. The monoisotopic (exact) mass is 1320 g/mol. The topological polar surface area (TPSA) is 237 Å². The molecule has 0 saturated carbocycles. The third-order valence-electron chi connectivity index (χ3n) is 15.8. The van der Waals surface area contributed by atoms with Crippen LogP contribution in [0.2, 0.25) is 0 Å². The Kier molecular flexibility index (Phi) is 60.9. The number of carbonyl (C=O) groups is 4. The summed E-state index contributed by atoms with van der Waals surface area (Å²) in [6.07, 6.45) is 50.7. The first-order valence-electron chi connectivity index (χ1n) is 36.3. The molecule has 0 spiro atoms. The van der Waals surface area contributed by atoms with Crippen molar-refractivity contribution in [2.24, 2.45) is 11.8 Å². The first-order chi connectivity index (χ1) is 43.4. The van der Waals surface area contributed by atoms with E-state index in [1.54, 1.807) is 0 Å². The molecule has 0 aliphatic carbocycles. The maximum absolute atomic E-state index is 13.0. The summed E-state index contributed by atoms with van der Waals surface area (Å²) in [5.41, 5.74) is 0. The van der Waals surface area contributed by atoms with Crippen molar-refractivity contribution in [3.8, 4) is 0 Å². The highest BCUT2D eigenvalue weighted by atomic mass is 31.2. The number of phosphoric ester groups is 2. The van der Waals surface area contributed by atoms with Crippen molar-refractivity contribution in [2.75, 3.05) is 39.6 Å². The van der Waals surface area contributed by atoms with E-state index in [1.165, 1.54) is 141 Å². The highest BCUT2D eigenvalue weighted by molar-refractivity contribution is 7.47. The SMILES string of the molecule is CCCCCC/C=C\C=C/CCCCCCCC(=O)O[C@H](COC(=O)CCCCCCCCCCCC(C)C)COP(=O)(O)OC[C@@H](O)COP(=O)(O)OC[C@@H](COC(=O)CCCCCCCCCCCCC)OC(=O)CCCCCCCCCCCC(C)C. The molecule has 0 saturated heterocycles. The maximum atomic E-state index is 13.0. The van der Waals surface area contributed by atoms with E-state index in [1.807, 2.05) is 0 Å². The first-order valence-corrected chi connectivity index (χ1v) is 39.3. The molecule has 0 aliphatic heterocycles. The van der Waals surface area contributed by atoms with Crippen molar-refractivity contribution in [2.45, 2.75) is 355 Å². The number of aliphatic hydroxyl groups excluding tert-OH is 1. The van der Waals surface area contributed by atoms with Gasteiger partial charge in [0.1, 0.15) is 19.3 Å². The molecule has 0 bridgehead atoms. The number of allylic oxidation sites excluding steroid dienone is 4. The first kappa shape index (κ1) is 87.5. The summed E-state index contributed by atoms with van der Waals surface area (Å²) in [6, 6.07) is 0. The Balaban J connectivity index is 5.30. The van der Waals surface area contributed by atoms with Gasteiger partial charge in [-0.15, -0.1) is 0 Å². The number of aliphatic hydroxyl groups is 1. The van der Waals surface area contributed by atoms with E-state index in [4.69, 9.17) is 37.0 Å². The highest BCUT2D eigenvalue weighted by Crippen LogP contribution is 2.45. The maximum Gasteiger partial charge on any atom is 0.472 e. The Labute approximate surface area is 548 Å². The lowest BCUT2D eigenvalue weighted by molar-refractivity contribution is -0.161. The number of ether oxygens (including phenoxy) is 4. The number of unbranched alkanes of at least 4 members (excludes halogenated alkanes) is 35. The van der Waals surface area contributed by atoms with Crippen molar-refractivity contribution < 1.29 is 80.2 Å². The van der Waals surface area contributed by atoms with Gasteiger partial charge in [-0.25, -0.2) is 9.13 Å². The van der Waals surface area contributed by atoms with Gasteiger partial charge < -0.3 is 33.8 Å². The third-order valence-corrected chi connectivity index (χ3v) is 17.7. The lowest BCUT2D eigenvalue weighted by Gasteiger charge is -2.21. The molecular formula is C71H134O17P2. The van der Waals surface area contributed by atoms with Crippen LogP contribution >= 0.6 is 15.6 Å². The number of esters is 4. The van der Waals surface area contributed by atoms with Gasteiger partial charge in [0.15, 0.2) is 12.2 Å². The Bertz CT molecular complexity index is 1850. The van der Waals surface area contributed by atoms with Gasteiger partial charge in [-0.1, -0.05) is 284 Å². The van der Waals surface area contributed by atoms with E-state index in [-0.39, 0.29) is 25.7 Å². The zero-order valence-electron chi connectivity index (χ0n) is 57.9. The summed E-state index contributed by atoms with van der Waals surface area (Å²) < 4.78 is 68.3. The molecular weight excluding hydrogens is 1190 g/mol. The van der Waals surface area contributed by atoms with E-state index >= 15 is 0 Å². The van der Waals surface area contributed by atoms with Gasteiger partial charge in [0.05, 0.1) is 26.4 Å². The van der Waals surface area contributed by atoms with Crippen molar-refractivity contribution in [1.29, 1.82) is 0 Å². The average Bonchev–Trinajstić information content (AvgIpc) is 3.72. The minimum atomic E-state index is -4.96. The molecule has 2 unspecified atom stereocenters. The van der Waals surface area contributed by atoms with E-state index < -0.39 is 97.5 Å². The fraction of sp³-hybridized carbons (Fsp3) is 0.887. The average molecular weight is 1320 g/mol. The van der Waals surface area contributed by atoms with Crippen molar-refractivity contribution in [1.82, 2.24) is 0 Å². The van der Waals surface area contributed by atoms with Gasteiger partial charge in [0.25, 0.3) is 0 Å². The molecule has 0 heterocycles. The van der Waals surface area contributed by atoms with Gasteiger partial charge in [-0.2, -0.15) is 0 Å². The van der Waals surface area contributed by atoms with Crippen LogP contribution in [-0.2, 0) is 65.4 Å². The molecule has 0 fully saturated rings. The van der Waals surface area contributed by atoms with Crippen LogP contribution < -0.4 is 0 Å².